The molecule has 1 heterocycles. The Balaban J connectivity index is 2.56. The van der Waals surface area contributed by atoms with E-state index >= 15 is 0 Å². The van der Waals surface area contributed by atoms with Gasteiger partial charge in [-0.2, -0.15) is 0 Å². The summed E-state index contributed by atoms with van der Waals surface area (Å²) in [7, 11) is 3.32. The second-order valence-corrected chi connectivity index (χ2v) is 3.84. The summed E-state index contributed by atoms with van der Waals surface area (Å²) in [6, 6.07) is 0. The minimum absolute atomic E-state index is 0.381. The maximum Gasteiger partial charge on any atom is 0.285 e. The third kappa shape index (κ3) is 2.47. The van der Waals surface area contributed by atoms with Crippen LogP contribution in [0.25, 0.3) is 0 Å². The van der Waals surface area contributed by atoms with Gasteiger partial charge in [0.1, 0.15) is 0 Å². The SMILES string of the molecule is CCCCC1CCCOC1(OC)OC. The Hall–Kier alpha value is -0.120. The van der Waals surface area contributed by atoms with Gasteiger partial charge in [0, 0.05) is 20.1 Å². The van der Waals surface area contributed by atoms with E-state index in [1.807, 2.05) is 0 Å². The second kappa shape index (κ2) is 5.69. The van der Waals surface area contributed by atoms with Crippen LogP contribution >= 0.6 is 0 Å². The van der Waals surface area contributed by atoms with Crippen LogP contribution in [0.15, 0.2) is 0 Å². The largest absolute Gasteiger partial charge is 0.331 e. The average molecular weight is 202 g/mol. The van der Waals surface area contributed by atoms with Crippen LogP contribution in [0.4, 0.5) is 0 Å². The zero-order valence-electron chi connectivity index (χ0n) is 9.54. The standard InChI is InChI=1S/C11H22O3/c1-4-5-7-10-8-6-9-14-11(10,12-2)13-3/h10H,4-9H2,1-3H3. The molecule has 1 aliphatic rings. The van der Waals surface area contributed by atoms with Crippen molar-refractivity contribution in [1.29, 1.82) is 0 Å². The number of unbranched alkanes of at least 4 members (excludes halogenated alkanes) is 1. The van der Waals surface area contributed by atoms with Crippen LogP contribution in [0, 0.1) is 5.92 Å². The van der Waals surface area contributed by atoms with Crippen molar-refractivity contribution >= 4 is 0 Å². The van der Waals surface area contributed by atoms with Crippen molar-refractivity contribution in [1.82, 2.24) is 0 Å². The maximum atomic E-state index is 5.63. The van der Waals surface area contributed by atoms with Crippen LogP contribution in [0.5, 0.6) is 0 Å². The van der Waals surface area contributed by atoms with Crippen LogP contribution < -0.4 is 0 Å². The van der Waals surface area contributed by atoms with Crippen LogP contribution in [0.1, 0.15) is 39.0 Å². The first kappa shape index (κ1) is 12.0. The number of rotatable bonds is 5. The first-order valence-corrected chi connectivity index (χ1v) is 5.53. The van der Waals surface area contributed by atoms with Crippen molar-refractivity contribution in [3.05, 3.63) is 0 Å². The lowest BCUT2D eigenvalue weighted by atomic mass is 9.92. The number of hydrogen-bond acceptors (Lipinski definition) is 3. The Labute approximate surface area is 86.7 Å². The van der Waals surface area contributed by atoms with E-state index in [0.29, 0.717) is 5.92 Å². The summed E-state index contributed by atoms with van der Waals surface area (Å²) in [6.07, 6.45) is 5.80. The monoisotopic (exact) mass is 202 g/mol. The molecule has 14 heavy (non-hydrogen) atoms. The Morgan fingerprint density at radius 2 is 2.07 bits per heavy atom. The molecule has 0 bridgehead atoms. The molecule has 0 radical (unpaired) electrons. The lowest BCUT2D eigenvalue weighted by Gasteiger charge is -2.40. The zero-order valence-corrected chi connectivity index (χ0v) is 9.54. The third-order valence-corrected chi connectivity index (χ3v) is 2.98. The normalized spacial score (nSPS) is 26.4. The molecule has 3 heteroatoms. The summed E-state index contributed by atoms with van der Waals surface area (Å²) in [6.45, 7) is 2.94. The van der Waals surface area contributed by atoms with Crippen molar-refractivity contribution in [3.63, 3.8) is 0 Å². The quantitative estimate of drug-likeness (QED) is 0.641. The van der Waals surface area contributed by atoms with Gasteiger partial charge in [-0.25, -0.2) is 0 Å². The third-order valence-electron chi connectivity index (χ3n) is 2.98. The molecule has 0 aromatic heterocycles. The molecule has 1 fully saturated rings. The first-order valence-electron chi connectivity index (χ1n) is 5.53. The van der Waals surface area contributed by atoms with Crippen LogP contribution in [-0.4, -0.2) is 26.8 Å². The molecule has 1 rings (SSSR count). The molecule has 1 saturated heterocycles. The molecule has 0 amide bonds. The van der Waals surface area contributed by atoms with Gasteiger partial charge in [-0.05, 0) is 19.3 Å². The van der Waals surface area contributed by atoms with Gasteiger partial charge in [0.25, 0.3) is 5.97 Å². The zero-order chi connectivity index (χ0) is 10.4. The summed E-state index contributed by atoms with van der Waals surface area (Å²) >= 11 is 0. The fourth-order valence-electron chi connectivity index (χ4n) is 2.14. The van der Waals surface area contributed by atoms with Gasteiger partial charge in [-0.3, -0.25) is 0 Å². The fraction of sp³-hybridized carbons (Fsp3) is 1.00. The first-order chi connectivity index (χ1) is 6.79. The Morgan fingerprint density at radius 3 is 2.64 bits per heavy atom. The molecular formula is C11H22O3. The Bertz CT molecular complexity index is 155. The number of hydrogen-bond donors (Lipinski definition) is 0. The minimum atomic E-state index is -0.770. The van der Waals surface area contributed by atoms with E-state index in [9.17, 15) is 0 Å². The van der Waals surface area contributed by atoms with Gasteiger partial charge in [0.2, 0.25) is 0 Å². The van der Waals surface area contributed by atoms with Crippen molar-refractivity contribution in [2.24, 2.45) is 5.92 Å². The number of ether oxygens (including phenoxy) is 3. The fourth-order valence-corrected chi connectivity index (χ4v) is 2.14. The molecule has 1 aliphatic heterocycles. The predicted molar refractivity (Wildman–Crippen MR) is 55.0 cm³/mol. The summed E-state index contributed by atoms with van der Waals surface area (Å²) in [4.78, 5) is 0. The molecule has 0 N–H and O–H groups in total. The summed E-state index contributed by atoms with van der Waals surface area (Å²) in [5, 5.41) is 0. The molecule has 1 atom stereocenters. The molecule has 0 saturated carbocycles. The highest BCUT2D eigenvalue weighted by atomic mass is 16.9. The Morgan fingerprint density at radius 1 is 1.36 bits per heavy atom. The van der Waals surface area contributed by atoms with Gasteiger partial charge < -0.3 is 14.2 Å². The molecule has 0 aliphatic carbocycles. The van der Waals surface area contributed by atoms with Crippen molar-refractivity contribution in [2.75, 3.05) is 20.8 Å². The van der Waals surface area contributed by atoms with Crippen LogP contribution in [-0.2, 0) is 14.2 Å². The molecule has 0 aromatic carbocycles. The van der Waals surface area contributed by atoms with Gasteiger partial charge in [-0.1, -0.05) is 19.8 Å². The van der Waals surface area contributed by atoms with E-state index < -0.39 is 5.97 Å². The second-order valence-electron chi connectivity index (χ2n) is 3.84. The lowest BCUT2D eigenvalue weighted by molar-refractivity contribution is -0.400. The van der Waals surface area contributed by atoms with E-state index in [1.165, 1.54) is 12.8 Å². The highest BCUT2D eigenvalue weighted by Gasteiger charge is 2.42. The van der Waals surface area contributed by atoms with Crippen molar-refractivity contribution in [2.45, 2.75) is 45.0 Å². The van der Waals surface area contributed by atoms with Gasteiger partial charge in [0.15, 0.2) is 0 Å². The van der Waals surface area contributed by atoms with Gasteiger partial charge in [0.05, 0.1) is 6.61 Å². The lowest BCUT2D eigenvalue weighted by Crippen LogP contribution is -2.47. The van der Waals surface area contributed by atoms with E-state index in [1.54, 1.807) is 14.2 Å². The van der Waals surface area contributed by atoms with E-state index in [0.717, 1.165) is 25.9 Å². The molecular weight excluding hydrogens is 180 g/mol. The van der Waals surface area contributed by atoms with E-state index in [2.05, 4.69) is 6.92 Å². The van der Waals surface area contributed by atoms with E-state index in [-0.39, 0.29) is 0 Å². The van der Waals surface area contributed by atoms with Gasteiger partial charge in [-0.15, -0.1) is 0 Å². The molecule has 1 unspecified atom stereocenters. The molecule has 0 spiro atoms. The van der Waals surface area contributed by atoms with Crippen LogP contribution in [0.3, 0.4) is 0 Å². The smallest absolute Gasteiger partial charge is 0.285 e. The predicted octanol–water partition coefficient (Wildman–Crippen LogP) is 2.55. The molecule has 84 valence electrons. The van der Waals surface area contributed by atoms with Gasteiger partial charge >= 0.3 is 0 Å². The Kier molecular flexibility index (Phi) is 4.85. The summed E-state index contributed by atoms with van der Waals surface area (Å²) < 4.78 is 16.4. The van der Waals surface area contributed by atoms with Crippen LogP contribution in [0.2, 0.25) is 0 Å². The maximum absolute atomic E-state index is 5.63. The summed E-state index contributed by atoms with van der Waals surface area (Å²) in [5.41, 5.74) is 0. The topological polar surface area (TPSA) is 27.7 Å². The molecule has 0 aromatic rings. The van der Waals surface area contributed by atoms with Crippen molar-refractivity contribution < 1.29 is 14.2 Å². The van der Waals surface area contributed by atoms with E-state index in [4.69, 9.17) is 14.2 Å². The van der Waals surface area contributed by atoms with Crippen molar-refractivity contribution in [3.8, 4) is 0 Å². The number of methoxy groups -OCH3 is 2. The highest BCUT2D eigenvalue weighted by Crippen LogP contribution is 2.35. The minimum Gasteiger partial charge on any atom is -0.331 e. The highest BCUT2D eigenvalue weighted by molar-refractivity contribution is 4.75. The average Bonchev–Trinajstić information content (AvgIpc) is 2.26. The molecule has 3 nitrogen and oxygen atoms in total. The summed E-state index contributed by atoms with van der Waals surface area (Å²) in [5.74, 6) is -0.390.